The van der Waals surface area contributed by atoms with Crippen LogP contribution in [0.15, 0.2) is 18.2 Å². The summed E-state index contributed by atoms with van der Waals surface area (Å²) in [5.41, 5.74) is 0.930. The van der Waals surface area contributed by atoms with Gasteiger partial charge in [-0.25, -0.2) is 8.42 Å². The molecule has 1 aromatic carbocycles. The summed E-state index contributed by atoms with van der Waals surface area (Å²) < 4.78 is 22.6. The summed E-state index contributed by atoms with van der Waals surface area (Å²) >= 11 is 0. The summed E-state index contributed by atoms with van der Waals surface area (Å²) in [7, 11) is -3.04. The Morgan fingerprint density at radius 2 is 2.18 bits per heavy atom. The maximum atomic E-state index is 11.8. The Bertz CT molecular complexity index is 702. The second-order valence-corrected chi connectivity index (χ2v) is 7.46. The minimum absolute atomic E-state index is 0.0210. The van der Waals surface area contributed by atoms with Crippen molar-refractivity contribution in [1.29, 1.82) is 0 Å². The Morgan fingerprint density at radius 3 is 2.77 bits per heavy atom. The number of hydrogen-bond donors (Lipinski definition) is 2. The SMILES string of the molecule is Cc1c(NCC(=O)N[C@@H]2CCS(=O)(=O)C2)cccc1[N+](=O)[O-]. The van der Waals surface area contributed by atoms with Crippen molar-refractivity contribution in [3.8, 4) is 0 Å². The number of hydrogen-bond acceptors (Lipinski definition) is 6. The number of amides is 1. The first-order valence-electron chi connectivity index (χ1n) is 6.76. The molecule has 1 aliphatic rings. The normalized spacial score (nSPS) is 19.6. The summed E-state index contributed by atoms with van der Waals surface area (Å²) in [5.74, 6) is -0.280. The van der Waals surface area contributed by atoms with Gasteiger partial charge in [-0.3, -0.25) is 14.9 Å². The second-order valence-electron chi connectivity index (χ2n) is 5.23. The number of carbonyl (C=O) groups is 1. The van der Waals surface area contributed by atoms with Crippen molar-refractivity contribution < 1.29 is 18.1 Å². The third kappa shape index (κ3) is 3.94. The van der Waals surface area contributed by atoms with E-state index in [2.05, 4.69) is 10.6 Å². The third-order valence-electron chi connectivity index (χ3n) is 3.54. The van der Waals surface area contributed by atoms with Crippen molar-refractivity contribution in [2.75, 3.05) is 23.4 Å². The Hall–Kier alpha value is -2.16. The first-order chi connectivity index (χ1) is 10.3. The van der Waals surface area contributed by atoms with Gasteiger partial charge in [0.15, 0.2) is 9.84 Å². The van der Waals surface area contributed by atoms with Crippen LogP contribution in [0, 0.1) is 17.0 Å². The summed E-state index contributed by atoms with van der Waals surface area (Å²) in [6.45, 7) is 1.53. The molecule has 22 heavy (non-hydrogen) atoms. The molecule has 2 N–H and O–H groups in total. The monoisotopic (exact) mass is 327 g/mol. The van der Waals surface area contributed by atoms with Gasteiger partial charge in [-0.2, -0.15) is 0 Å². The summed E-state index contributed by atoms with van der Waals surface area (Å²) in [5, 5.41) is 16.3. The zero-order chi connectivity index (χ0) is 16.3. The lowest BCUT2D eigenvalue weighted by atomic mass is 10.1. The fourth-order valence-corrected chi connectivity index (χ4v) is 4.05. The largest absolute Gasteiger partial charge is 0.376 e. The molecule has 8 nitrogen and oxygen atoms in total. The molecule has 9 heteroatoms. The number of nitro groups is 1. The van der Waals surface area contributed by atoms with E-state index in [1.165, 1.54) is 12.1 Å². The maximum Gasteiger partial charge on any atom is 0.274 e. The van der Waals surface area contributed by atoms with Crippen molar-refractivity contribution in [2.45, 2.75) is 19.4 Å². The van der Waals surface area contributed by atoms with Crippen LogP contribution in [0.2, 0.25) is 0 Å². The predicted molar refractivity (Wildman–Crippen MR) is 81.5 cm³/mol. The van der Waals surface area contributed by atoms with E-state index in [4.69, 9.17) is 0 Å². The van der Waals surface area contributed by atoms with E-state index < -0.39 is 14.8 Å². The first-order valence-corrected chi connectivity index (χ1v) is 8.58. The molecule has 1 aromatic rings. The van der Waals surface area contributed by atoms with E-state index in [0.717, 1.165) is 0 Å². The first kappa shape index (κ1) is 16.2. The van der Waals surface area contributed by atoms with Crippen LogP contribution in [0.4, 0.5) is 11.4 Å². The predicted octanol–water partition coefficient (Wildman–Crippen LogP) is 0.618. The van der Waals surface area contributed by atoms with Gasteiger partial charge in [-0.1, -0.05) is 6.07 Å². The molecule has 2 rings (SSSR count). The zero-order valence-corrected chi connectivity index (χ0v) is 12.9. The van der Waals surface area contributed by atoms with E-state index in [9.17, 15) is 23.3 Å². The Balaban J connectivity index is 1.92. The number of sulfone groups is 1. The van der Waals surface area contributed by atoms with Crippen LogP contribution >= 0.6 is 0 Å². The Morgan fingerprint density at radius 1 is 1.45 bits per heavy atom. The van der Waals surface area contributed by atoms with E-state index >= 15 is 0 Å². The molecule has 1 aliphatic heterocycles. The van der Waals surface area contributed by atoms with Crippen LogP contribution in [-0.2, 0) is 14.6 Å². The number of benzene rings is 1. The number of nitrogens with one attached hydrogen (secondary N) is 2. The van der Waals surface area contributed by atoms with Gasteiger partial charge < -0.3 is 10.6 Å². The van der Waals surface area contributed by atoms with Gasteiger partial charge in [0.1, 0.15) is 0 Å². The highest BCUT2D eigenvalue weighted by molar-refractivity contribution is 7.91. The lowest BCUT2D eigenvalue weighted by Crippen LogP contribution is -2.39. The van der Waals surface area contributed by atoms with Gasteiger partial charge in [0.2, 0.25) is 5.91 Å². The molecule has 0 unspecified atom stereocenters. The number of nitro benzene ring substituents is 1. The third-order valence-corrected chi connectivity index (χ3v) is 5.31. The number of carbonyl (C=O) groups excluding carboxylic acids is 1. The minimum Gasteiger partial charge on any atom is -0.376 e. The highest BCUT2D eigenvalue weighted by Gasteiger charge is 2.28. The second kappa shape index (κ2) is 6.30. The molecule has 1 amide bonds. The van der Waals surface area contributed by atoms with Crippen molar-refractivity contribution in [2.24, 2.45) is 0 Å². The summed E-state index contributed by atoms with van der Waals surface area (Å²) in [4.78, 5) is 22.2. The maximum absolute atomic E-state index is 11.8. The molecule has 0 aromatic heterocycles. The van der Waals surface area contributed by atoms with Crippen molar-refractivity contribution in [3.05, 3.63) is 33.9 Å². The molecule has 0 spiro atoms. The summed E-state index contributed by atoms with van der Waals surface area (Å²) in [6, 6.07) is 4.22. The number of rotatable bonds is 5. The molecule has 1 fully saturated rings. The van der Waals surface area contributed by atoms with Crippen LogP contribution in [0.1, 0.15) is 12.0 Å². The van der Waals surface area contributed by atoms with Crippen molar-refractivity contribution in [1.82, 2.24) is 5.32 Å². The highest BCUT2D eigenvalue weighted by atomic mass is 32.2. The van der Waals surface area contributed by atoms with Crippen LogP contribution in [0.25, 0.3) is 0 Å². The van der Waals surface area contributed by atoms with Crippen LogP contribution in [-0.4, -0.2) is 43.3 Å². The number of nitrogens with zero attached hydrogens (tertiary/aromatic N) is 1. The quantitative estimate of drug-likeness (QED) is 0.604. The van der Waals surface area contributed by atoms with E-state index in [1.54, 1.807) is 13.0 Å². The molecule has 1 heterocycles. The average Bonchev–Trinajstić information content (AvgIpc) is 2.76. The van der Waals surface area contributed by atoms with Gasteiger partial charge in [-0.05, 0) is 19.4 Å². The fraction of sp³-hybridized carbons (Fsp3) is 0.462. The average molecular weight is 327 g/mol. The Kier molecular flexibility index (Phi) is 4.65. The van der Waals surface area contributed by atoms with Gasteiger partial charge >= 0.3 is 0 Å². The summed E-state index contributed by atoms with van der Waals surface area (Å²) in [6.07, 6.45) is 0.421. The molecule has 0 radical (unpaired) electrons. The molecule has 1 atom stereocenters. The van der Waals surface area contributed by atoms with Gasteiger partial charge in [-0.15, -0.1) is 0 Å². The molecule has 120 valence electrons. The zero-order valence-electron chi connectivity index (χ0n) is 12.0. The van der Waals surface area contributed by atoms with Gasteiger partial charge in [0, 0.05) is 23.4 Å². The smallest absolute Gasteiger partial charge is 0.274 e. The van der Waals surface area contributed by atoms with Crippen LogP contribution in [0.5, 0.6) is 0 Å². The van der Waals surface area contributed by atoms with Gasteiger partial charge in [0.05, 0.1) is 23.0 Å². The van der Waals surface area contributed by atoms with E-state index in [0.29, 0.717) is 17.7 Å². The minimum atomic E-state index is -3.04. The molecular weight excluding hydrogens is 310 g/mol. The van der Waals surface area contributed by atoms with Crippen molar-refractivity contribution in [3.63, 3.8) is 0 Å². The molecule has 0 bridgehead atoms. The van der Waals surface area contributed by atoms with Gasteiger partial charge in [0.25, 0.3) is 5.69 Å². The van der Waals surface area contributed by atoms with Crippen LogP contribution in [0.3, 0.4) is 0 Å². The van der Waals surface area contributed by atoms with E-state index in [1.807, 2.05) is 0 Å². The number of anilines is 1. The highest BCUT2D eigenvalue weighted by Crippen LogP contribution is 2.24. The van der Waals surface area contributed by atoms with Crippen LogP contribution < -0.4 is 10.6 Å². The lowest BCUT2D eigenvalue weighted by molar-refractivity contribution is -0.385. The standard InChI is InChI=1S/C13H17N3O5S/c1-9-11(3-2-4-12(9)16(18)19)14-7-13(17)15-10-5-6-22(20,21)8-10/h2-4,10,14H,5-8H2,1H3,(H,15,17)/t10-/m1/s1. The molecule has 0 aliphatic carbocycles. The lowest BCUT2D eigenvalue weighted by Gasteiger charge is -2.13. The van der Waals surface area contributed by atoms with Crippen molar-refractivity contribution >= 4 is 27.1 Å². The molecule has 1 saturated heterocycles. The van der Waals surface area contributed by atoms with E-state index in [-0.39, 0.29) is 35.7 Å². The fourth-order valence-electron chi connectivity index (χ4n) is 2.38. The topological polar surface area (TPSA) is 118 Å². The molecule has 0 saturated carbocycles. The Labute approximate surface area is 128 Å². The molecular formula is C13H17N3O5S.